The molecule has 1 aromatic heterocycles. The van der Waals surface area contributed by atoms with Gasteiger partial charge >= 0.3 is 0 Å². The highest BCUT2D eigenvalue weighted by molar-refractivity contribution is 6.00. The summed E-state index contributed by atoms with van der Waals surface area (Å²) in [4.78, 5) is 42.2. The van der Waals surface area contributed by atoms with Crippen molar-refractivity contribution in [2.45, 2.75) is 56.9 Å². The van der Waals surface area contributed by atoms with E-state index in [4.69, 9.17) is 9.15 Å². The topological polar surface area (TPSA) is 88.9 Å². The van der Waals surface area contributed by atoms with Gasteiger partial charge in [-0.15, -0.1) is 0 Å². The minimum absolute atomic E-state index is 0.0732. The van der Waals surface area contributed by atoms with Gasteiger partial charge in [-0.3, -0.25) is 14.4 Å². The second-order valence-electron chi connectivity index (χ2n) is 10.2. The fourth-order valence-corrected chi connectivity index (χ4v) is 6.44. The number of Topliss-reactive ketones (excluding diaryl/α,β-unsaturated/α-hetero) is 1. The number of nitrogens with zero attached hydrogens (tertiary/aromatic N) is 1. The fourth-order valence-electron chi connectivity index (χ4n) is 6.44. The third kappa shape index (κ3) is 2.83. The number of piperidine rings is 1. The Kier molecular flexibility index (Phi) is 4.65. The molecule has 5 heterocycles. The first-order valence-electron chi connectivity index (χ1n) is 12.0. The predicted octanol–water partition coefficient (Wildman–Crippen LogP) is 3.84. The zero-order chi connectivity index (χ0) is 23.8. The first kappa shape index (κ1) is 21.4. The van der Waals surface area contributed by atoms with E-state index in [9.17, 15) is 14.4 Å². The molecule has 34 heavy (non-hydrogen) atoms. The number of benzene rings is 1. The van der Waals surface area contributed by atoms with Gasteiger partial charge in [0.1, 0.15) is 17.1 Å². The number of anilines is 1. The molecule has 4 aliphatic rings. The lowest BCUT2D eigenvalue weighted by Crippen LogP contribution is -2.55. The average molecular weight is 461 g/mol. The summed E-state index contributed by atoms with van der Waals surface area (Å²) in [5.74, 6) is -1.05. The minimum atomic E-state index is -0.981. The molecular formula is C27H28N2O5. The van der Waals surface area contributed by atoms with Gasteiger partial charge in [0.25, 0.3) is 0 Å². The van der Waals surface area contributed by atoms with Crippen LogP contribution in [0.5, 0.6) is 0 Å². The number of nitrogens with one attached hydrogen (secondary N) is 1. The van der Waals surface area contributed by atoms with Crippen molar-refractivity contribution in [3.63, 3.8) is 0 Å². The highest BCUT2D eigenvalue weighted by Gasteiger charge is 2.74. The van der Waals surface area contributed by atoms with E-state index in [1.807, 2.05) is 43.3 Å². The van der Waals surface area contributed by atoms with Crippen molar-refractivity contribution in [2.75, 3.05) is 5.32 Å². The molecule has 1 aromatic carbocycles. The zero-order valence-electron chi connectivity index (χ0n) is 19.4. The average Bonchev–Trinajstić information content (AvgIpc) is 3.59. The van der Waals surface area contributed by atoms with Crippen LogP contribution in [0.1, 0.15) is 50.5 Å². The molecule has 1 spiro atoms. The SMILES string of the molecule is CC(C)c1ccc(NC(=O)[C@@H]2[C@@H]3C=C[C@]4(O3)[C@@H]2C(=O)N2[C@H]4[C@@H](C)C(=O)C[C@H]2c2ccco2)cc1. The van der Waals surface area contributed by atoms with Crippen LogP contribution < -0.4 is 5.32 Å². The van der Waals surface area contributed by atoms with Crippen LogP contribution in [-0.2, 0) is 19.1 Å². The van der Waals surface area contributed by atoms with E-state index in [1.165, 1.54) is 5.56 Å². The molecule has 176 valence electrons. The van der Waals surface area contributed by atoms with Crippen molar-refractivity contribution < 1.29 is 23.5 Å². The third-order valence-electron chi connectivity index (χ3n) is 8.10. The fraction of sp³-hybridized carbons (Fsp3) is 0.444. The van der Waals surface area contributed by atoms with Crippen LogP contribution in [0, 0.1) is 17.8 Å². The highest BCUT2D eigenvalue weighted by atomic mass is 16.5. The van der Waals surface area contributed by atoms with Crippen molar-refractivity contribution in [1.29, 1.82) is 0 Å². The lowest BCUT2D eigenvalue weighted by Gasteiger charge is -2.43. The summed E-state index contributed by atoms with van der Waals surface area (Å²) >= 11 is 0. The molecule has 3 fully saturated rings. The van der Waals surface area contributed by atoms with Gasteiger partial charge < -0.3 is 19.4 Å². The number of carbonyl (C=O) groups excluding carboxylic acids is 3. The van der Waals surface area contributed by atoms with E-state index in [0.717, 1.165) is 0 Å². The number of ketones is 1. The number of rotatable bonds is 4. The second-order valence-corrected chi connectivity index (χ2v) is 10.2. The summed E-state index contributed by atoms with van der Waals surface area (Å²) < 4.78 is 12.0. The van der Waals surface area contributed by atoms with Gasteiger partial charge in [-0.1, -0.05) is 45.1 Å². The van der Waals surface area contributed by atoms with E-state index in [0.29, 0.717) is 17.4 Å². The normalized spacial score (nSPS) is 35.7. The maximum Gasteiger partial charge on any atom is 0.231 e. The van der Waals surface area contributed by atoms with Crippen LogP contribution in [0.25, 0.3) is 0 Å². The Bertz CT molecular complexity index is 1180. The quantitative estimate of drug-likeness (QED) is 0.701. The number of hydrogen-bond donors (Lipinski definition) is 1. The molecule has 6 rings (SSSR count). The Morgan fingerprint density at radius 3 is 2.62 bits per heavy atom. The molecular weight excluding hydrogens is 432 g/mol. The number of fused-ring (bicyclic) bond motifs is 2. The van der Waals surface area contributed by atoms with E-state index >= 15 is 0 Å². The molecule has 7 atom stereocenters. The number of carbonyl (C=O) groups is 3. The van der Waals surface area contributed by atoms with E-state index in [-0.39, 0.29) is 24.0 Å². The zero-order valence-corrected chi connectivity index (χ0v) is 19.4. The molecule has 7 nitrogen and oxygen atoms in total. The van der Waals surface area contributed by atoms with Crippen LogP contribution >= 0.6 is 0 Å². The highest BCUT2D eigenvalue weighted by Crippen LogP contribution is 2.60. The largest absolute Gasteiger partial charge is 0.467 e. The molecule has 2 aromatic rings. The summed E-state index contributed by atoms with van der Waals surface area (Å²) in [6, 6.07) is 10.4. The monoisotopic (exact) mass is 460 g/mol. The molecule has 3 saturated heterocycles. The van der Waals surface area contributed by atoms with Crippen molar-refractivity contribution in [3.05, 3.63) is 66.1 Å². The summed E-state index contributed by atoms with van der Waals surface area (Å²) in [5, 5.41) is 3.00. The van der Waals surface area contributed by atoms with Crippen LogP contribution in [-0.4, -0.2) is 40.2 Å². The van der Waals surface area contributed by atoms with E-state index in [1.54, 1.807) is 23.3 Å². The van der Waals surface area contributed by atoms with Crippen molar-refractivity contribution in [2.24, 2.45) is 17.8 Å². The molecule has 2 amide bonds. The first-order valence-corrected chi connectivity index (χ1v) is 12.0. The predicted molar refractivity (Wildman–Crippen MR) is 124 cm³/mol. The van der Waals surface area contributed by atoms with E-state index in [2.05, 4.69) is 19.2 Å². The lowest BCUT2D eigenvalue weighted by atomic mass is 9.70. The molecule has 7 heteroatoms. The summed E-state index contributed by atoms with van der Waals surface area (Å²) in [6.07, 6.45) is 5.06. The summed E-state index contributed by atoms with van der Waals surface area (Å²) in [7, 11) is 0. The Morgan fingerprint density at radius 1 is 1.18 bits per heavy atom. The maximum atomic E-state index is 13.9. The third-order valence-corrected chi connectivity index (χ3v) is 8.10. The maximum absolute atomic E-state index is 13.9. The number of amides is 2. The Hall–Kier alpha value is -3.19. The summed E-state index contributed by atoms with van der Waals surface area (Å²) in [5.41, 5.74) is 0.898. The van der Waals surface area contributed by atoms with Gasteiger partial charge in [0.15, 0.2) is 0 Å². The van der Waals surface area contributed by atoms with Gasteiger partial charge in [0.05, 0.1) is 36.3 Å². The van der Waals surface area contributed by atoms with E-state index < -0.39 is 41.5 Å². The molecule has 1 N–H and O–H groups in total. The lowest BCUT2D eigenvalue weighted by molar-refractivity contribution is -0.147. The van der Waals surface area contributed by atoms with Crippen LogP contribution in [0.4, 0.5) is 5.69 Å². The first-order chi connectivity index (χ1) is 16.3. The van der Waals surface area contributed by atoms with Crippen molar-refractivity contribution in [1.82, 2.24) is 4.90 Å². The van der Waals surface area contributed by atoms with Crippen molar-refractivity contribution >= 4 is 23.3 Å². The Morgan fingerprint density at radius 2 is 1.94 bits per heavy atom. The number of hydrogen-bond acceptors (Lipinski definition) is 5. The van der Waals surface area contributed by atoms with Gasteiger partial charge in [0.2, 0.25) is 11.8 Å². The molecule has 2 bridgehead atoms. The smallest absolute Gasteiger partial charge is 0.231 e. The summed E-state index contributed by atoms with van der Waals surface area (Å²) in [6.45, 7) is 6.10. The van der Waals surface area contributed by atoms with Crippen molar-refractivity contribution in [3.8, 4) is 0 Å². The van der Waals surface area contributed by atoms with Gasteiger partial charge in [-0.05, 0) is 35.7 Å². The van der Waals surface area contributed by atoms with Crippen LogP contribution in [0.2, 0.25) is 0 Å². The molecule has 0 unspecified atom stereocenters. The standard InChI is InChI=1S/C27H28N2O5/c1-14(2)16-6-8-17(9-7-16)28-25(31)22-21-10-11-27(34-21)23(22)26(32)29-18(20-5-4-12-33-20)13-19(30)15(3)24(27)29/h4-12,14-15,18,21-24H,13H2,1-3H3,(H,28,31)/t15-,18-,21-,22+,23-,24-,27-/m0/s1. The molecule has 0 aliphatic carbocycles. The molecule has 0 saturated carbocycles. The Labute approximate surface area is 198 Å². The van der Waals surface area contributed by atoms with Gasteiger partial charge in [-0.2, -0.15) is 0 Å². The van der Waals surface area contributed by atoms with Crippen LogP contribution in [0.3, 0.4) is 0 Å². The minimum Gasteiger partial charge on any atom is -0.467 e. The molecule has 0 radical (unpaired) electrons. The second kappa shape index (κ2) is 7.40. The van der Waals surface area contributed by atoms with Gasteiger partial charge in [0, 0.05) is 18.0 Å². The Balaban J connectivity index is 1.34. The molecule has 4 aliphatic heterocycles. The number of furan rings is 1. The van der Waals surface area contributed by atoms with Crippen LogP contribution in [0.15, 0.2) is 59.2 Å². The number of ether oxygens (including phenoxy) is 1. The van der Waals surface area contributed by atoms with Gasteiger partial charge in [-0.25, -0.2) is 0 Å².